The summed E-state index contributed by atoms with van der Waals surface area (Å²) < 4.78 is 5.19. The van der Waals surface area contributed by atoms with Gasteiger partial charge in [0.2, 0.25) is 5.91 Å². The van der Waals surface area contributed by atoms with Crippen molar-refractivity contribution in [1.82, 2.24) is 4.90 Å². The van der Waals surface area contributed by atoms with Crippen LogP contribution in [0, 0.1) is 5.92 Å². The van der Waals surface area contributed by atoms with Crippen molar-refractivity contribution in [2.75, 3.05) is 26.8 Å². The third-order valence-electron chi connectivity index (χ3n) is 2.92. The molecule has 2 atom stereocenters. The van der Waals surface area contributed by atoms with E-state index >= 15 is 0 Å². The van der Waals surface area contributed by atoms with E-state index in [1.54, 1.807) is 4.90 Å². The molecule has 0 aromatic carbocycles. The van der Waals surface area contributed by atoms with E-state index in [2.05, 4.69) is 6.92 Å². The molecule has 1 aliphatic heterocycles. The zero-order valence-electron chi connectivity index (χ0n) is 9.74. The highest BCUT2D eigenvalue weighted by atomic mass is 16.5. The largest absolute Gasteiger partial charge is 0.379 e. The van der Waals surface area contributed by atoms with Gasteiger partial charge in [-0.3, -0.25) is 4.79 Å². The average molecular weight is 214 g/mol. The lowest BCUT2D eigenvalue weighted by Gasteiger charge is -2.22. The molecular weight excluding hydrogens is 192 g/mol. The summed E-state index contributed by atoms with van der Waals surface area (Å²) >= 11 is 0. The summed E-state index contributed by atoms with van der Waals surface area (Å²) in [5, 5.41) is 0. The van der Waals surface area contributed by atoms with Gasteiger partial charge in [-0.1, -0.05) is 19.8 Å². The van der Waals surface area contributed by atoms with Gasteiger partial charge >= 0.3 is 0 Å². The second kappa shape index (κ2) is 6.08. The lowest BCUT2D eigenvalue weighted by molar-refractivity contribution is -0.134. The van der Waals surface area contributed by atoms with Crippen molar-refractivity contribution in [3.63, 3.8) is 0 Å². The van der Waals surface area contributed by atoms with Gasteiger partial charge in [0, 0.05) is 19.6 Å². The maximum atomic E-state index is 11.9. The van der Waals surface area contributed by atoms with Crippen LogP contribution in [-0.4, -0.2) is 43.7 Å². The molecule has 0 spiro atoms. The third-order valence-corrected chi connectivity index (χ3v) is 2.92. The second-order valence-corrected chi connectivity index (χ2v) is 4.27. The number of ether oxygens (including phenoxy) is 1. The lowest BCUT2D eigenvalue weighted by Crippen LogP contribution is -2.42. The fourth-order valence-electron chi connectivity index (χ4n) is 1.82. The molecule has 1 rings (SSSR count). The zero-order valence-corrected chi connectivity index (χ0v) is 9.74. The Balaban J connectivity index is 2.31. The van der Waals surface area contributed by atoms with Gasteiger partial charge in [0.05, 0.1) is 19.1 Å². The SMILES string of the molecule is CCCCCN(C)C(=O)C1COCC1N. The van der Waals surface area contributed by atoms with Gasteiger partial charge < -0.3 is 15.4 Å². The normalized spacial score (nSPS) is 25.5. The van der Waals surface area contributed by atoms with Crippen LogP contribution >= 0.6 is 0 Å². The highest BCUT2D eigenvalue weighted by Gasteiger charge is 2.32. The van der Waals surface area contributed by atoms with Crippen LogP contribution in [0.2, 0.25) is 0 Å². The molecule has 0 aromatic heterocycles. The Bertz CT molecular complexity index is 209. The molecule has 4 nitrogen and oxygen atoms in total. The molecule has 4 heteroatoms. The van der Waals surface area contributed by atoms with E-state index in [1.807, 2.05) is 7.05 Å². The average Bonchev–Trinajstić information content (AvgIpc) is 2.63. The Kier molecular flexibility index (Phi) is 5.05. The molecule has 1 fully saturated rings. The minimum absolute atomic E-state index is 0.119. The van der Waals surface area contributed by atoms with Crippen LogP contribution in [0.3, 0.4) is 0 Å². The fourth-order valence-corrected chi connectivity index (χ4v) is 1.82. The molecule has 15 heavy (non-hydrogen) atoms. The lowest BCUT2D eigenvalue weighted by atomic mass is 10.0. The Morgan fingerprint density at radius 3 is 2.73 bits per heavy atom. The predicted molar refractivity (Wildman–Crippen MR) is 59.4 cm³/mol. The molecule has 1 saturated heterocycles. The molecule has 2 N–H and O–H groups in total. The molecule has 1 aliphatic rings. The number of hydrogen-bond donors (Lipinski definition) is 1. The van der Waals surface area contributed by atoms with E-state index in [4.69, 9.17) is 10.5 Å². The van der Waals surface area contributed by atoms with Crippen LogP contribution in [0.5, 0.6) is 0 Å². The second-order valence-electron chi connectivity index (χ2n) is 4.27. The van der Waals surface area contributed by atoms with Crippen molar-refractivity contribution in [2.24, 2.45) is 11.7 Å². The van der Waals surface area contributed by atoms with E-state index in [0.717, 1.165) is 13.0 Å². The number of rotatable bonds is 5. The van der Waals surface area contributed by atoms with E-state index in [-0.39, 0.29) is 17.9 Å². The van der Waals surface area contributed by atoms with Crippen LogP contribution in [0.25, 0.3) is 0 Å². The molecule has 1 heterocycles. The van der Waals surface area contributed by atoms with Gasteiger partial charge in [0.25, 0.3) is 0 Å². The summed E-state index contributed by atoms with van der Waals surface area (Å²) in [6, 6.07) is -0.119. The van der Waals surface area contributed by atoms with Crippen LogP contribution in [0.4, 0.5) is 0 Å². The van der Waals surface area contributed by atoms with Crippen LogP contribution in [-0.2, 0) is 9.53 Å². The van der Waals surface area contributed by atoms with Crippen molar-refractivity contribution < 1.29 is 9.53 Å². The fraction of sp³-hybridized carbons (Fsp3) is 0.909. The molecule has 2 unspecified atom stereocenters. The van der Waals surface area contributed by atoms with Gasteiger partial charge in [-0.05, 0) is 6.42 Å². The molecule has 0 saturated carbocycles. The smallest absolute Gasteiger partial charge is 0.229 e. The molecule has 0 aromatic rings. The first-order valence-corrected chi connectivity index (χ1v) is 5.75. The van der Waals surface area contributed by atoms with E-state index in [9.17, 15) is 4.79 Å². The highest BCUT2D eigenvalue weighted by Crippen LogP contribution is 2.14. The summed E-state index contributed by atoms with van der Waals surface area (Å²) in [4.78, 5) is 13.7. The van der Waals surface area contributed by atoms with Crippen molar-refractivity contribution in [2.45, 2.75) is 32.2 Å². The Morgan fingerprint density at radius 1 is 1.47 bits per heavy atom. The third kappa shape index (κ3) is 3.47. The van der Waals surface area contributed by atoms with Crippen molar-refractivity contribution in [3.05, 3.63) is 0 Å². The van der Waals surface area contributed by atoms with E-state index in [0.29, 0.717) is 13.2 Å². The summed E-state index contributed by atoms with van der Waals surface area (Å²) in [7, 11) is 1.85. The summed E-state index contributed by atoms with van der Waals surface area (Å²) in [6.45, 7) is 3.98. The maximum absolute atomic E-state index is 11.9. The Hall–Kier alpha value is -0.610. The number of hydrogen-bond acceptors (Lipinski definition) is 3. The number of amides is 1. The summed E-state index contributed by atoms with van der Waals surface area (Å²) in [6.07, 6.45) is 3.42. The van der Waals surface area contributed by atoms with Gasteiger partial charge in [-0.2, -0.15) is 0 Å². The van der Waals surface area contributed by atoms with Crippen molar-refractivity contribution >= 4 is 5.91 Å². The number of nitrogens with zero attached hydrogens (tertiary/aromatic N) is 1. The molecule has 88 valence electrons. The first-order valence-electron chi connectivity index (χ1n) is 5.75. The Labute approximate surface area is 91.8 Å². The van der Waals surface area contributed by atoms with Crippen molar-refractivity contribution in [3.8, 4) is 0 Å². The minimum Gasteiger partial charge on any atom is -0.379 e. The van der Waals surface area contributed by atoms with E-state index < -0.39 is 0 Å². The molecule has 1 amide bonds. The molecule has 0 aliphatic carbocycles. The van der Waals surface area contributed by atoms with Crippen LogP contribution < -0.4 is 5.73 Å². The number of nitrogens with two attached hydrogens (primary N) is 1. The first-order chi connectivity index (χ1) is 7.16. The zero-order chi connectivity index (χ0) is 11.3. The number of unbranched alkanes of at least 4 members (excludes halogenated alkanes) is 2. The van der Waals surface area contributed by atoms with Crippen molar-refractivity contribution in [1.29, 1.82) is 0 Å². The summed E-state index contributed by atoms with van der Waals surface area (Å²) in [5.74, 6) is 0.00716. The first kappa shape index (κ1) is 12.5. The Morgan fingerprint density at radius 2 is 2.20 bits per heavy atom. The molecule has 0 bridgehead atoms. The van der Waals surface area contributed by atoms with Gasteiger partial charge in [-0.25, -0.2) is 0 Å². The monoisotopic (exact) mass is 214 g/mol. The van der Waals surface area contributed by atoms with Gasteiger partial charge in [-0.15, -0.1) is 0 Å². The number of carbonyl (C=O) groups is 1. The topological polar surface area (TPSA) is 55.6 Å². The number of carbonyl (C=O) groups excluding carboxylic acids is 1. The quantitative estimate of drug-likeness (QED) is 0.682. The van der Waals surface area contributed by atoms with Crippen LogP contribution in [0.15, 0.2) is 0 Å². The molecular formula is C11H22N2O2. The van der Waals surface area contributed by atoms with Gasteiger partial charge in [0.15, 0.2) is 0 Å². The van der Waals surface area contributed by atoms with Crippen LogP contribution in [0.1, 0.15) is 26.2 Å². The predicted octanol–water partition coefficient (Wildman–Crippen LogP) is 0.609. The molecule has 0 radical (unpaired) electrons. The maximum Gasteiger partial charge on any atom is 0.229 e. The minimum atomic E-state index is -0.128. The summed E-state index contributed by atoms with van der Waals surface area (Å²) in [5.41, 5.74) is 5.80. The van der Waals surface area contributed by atoms with Gasteiger partial charge in [0.1, 0.15) is 0 Å². The standard InChI is InChI=1S/C11H22N2O2/c1-3-4-5-6-13(2)11(14)9-7-15-8-10(9)12/h9-10H,3-8,12H2,1-2H3. The highest BCUT2D eigenvalue weighted by molar-refractivity contribution is 5.79. The van der Waals surface area contributed by atoms with E-state index in [1.165, 1.54) is 12.8 Å².